The van der Waals surface area contributed by atoms with E-state index in [4.69, 9.17) is 0 Å². The van der Waals surface area contributed by atoms with E-state index in [9.17, 15) is 22.8 Å². The molecule has 3 heterocycles. The Balaban J connectivity index is 1.50. The molecule has 1 atom stereocenters. The molecule has 4 rings (SSSR count). The van der Waals surface area contributed by atoms with Gasteiger partial charge in [0.1, 0.15) is 5.82 Å². The van der Waals surface area contributed by atoms with Crippen LogP contribution in [0.2, 0.25) is 0 Å². The van der Waals surface area contributed by atoms with Crippen molar-refractivity contribution in [3.63, 3.8) is 0 Å². The summed E-state index contributed by atoms with van der Waals surface area (Å²) >= 11 is 0. The van der Waals surface area contributed by atoms with Gasteiger partial charge in [-0.15, -0.1) is 0 Å². The number of nitrogens with one attached hydrogen (secondary N) is 3. The molecule has 1 unspecified atom stereocenters. The molecule has 1 aliphatic rings. The second-order valence-electron chi connectivity index (χ2n) is 8.47. The minimum atomic E-state index is -4.41. The fraction of sp³-hybridized carbons (Fsp3) is 0.391. The number of imidazole rings is 1. The maximum atomic E-state index is 13.1. The van der Waals surface area contributed by atoms with Gasteiger partial charge in [0.15, 0.2) is 5.65 Å². The number of esters is 1. The Kier molecular flexibility index (Phi) is 6.92. The summed E-state index contributed by atoms with van der Waals surface area (Å²) in [7, 11) is 1.23. The molecule has 0 radical (unpaired) electrons. The SMILES string of the molecule is COC(=O)CC1CN(CC(F)(F)F)Cc2cc(C(=O)NCc3nc4nc(C)ccc4[nH]3)ccc2N1. The number of halogens is 3. The molecule has 0 fully saturated rings. The van der Waals surface area contributed by atoms with Crippen LogP contribution in [0.5, 0.6) is 0 Å². The Morgan fingerprint density at radius 2 is 2.03 bits per heavy atom. The highest BCUT2D eigenvalue weighted by Gasteiger charge is 2.34. The van der Waals surface area contributed by atoms with Gasteiger partial charge in [0.25, 0.3) is 5.91 Å². The van der Waals surface area contributed by atoms with E-state index in [1.807, 2.05) is 19.1 Å². The molecule has 12 heteroatoms. The lowest BCUT2D eigenvalue weighted by Crippen LogP contribution is -2.40. The molecule has 0 saturated carbocycles. The fourth-order valence-electron chi connectivity index (χ4n) is 4.05. The van der Waals surface area contributed by atoms with Gasteiger partial charge in [-0.05, 0) is 42.8 Å². The van der Waals surface area contributed by atoms with Crippen LogP contribution in [-0.4, -0.2) is 64.1 Å². The monoisotopic (exact) mass is 490 g/mol. The van der Waals surface area contributed by atoms with Crippen molar-refractivity contribution in [3.8, 4) is 0 Å². The molecule has 35 heavy (non-hydrogen) atoms. The lowest BCUT2D eigenvalue weighted by Gasteiger charge is -2.25. The Morgan fingerprint density at radius 3 is 2.77 bits per heavy atom. The summed E-state index contributed by atoms with van der Waals surface area (Å²) in [5.41, 5.74) is 3.52. The van der Waals surface area contributed by atoms with Gasteiger partial charge in [0, 0.05) is 36.1 Å². The van der Waals surface area contributed by atoms with Gasteiger partial charge in [0.2, 0.25) is 0 Å². The predicted octanol–water partition coefficient (Wildman–Crippen LogP) is 2.92. The number of methoxy groups -OCH3 is 1. The van der Waals surface area contributed by atoms with Gasteiger partial charge in [-0.25, -0.2) is 9.97 Å². The van der Waals surface area contributed by atoms with E-state index < -0.39 is 30.6 Å². The molecule has 1 amide bonds. The number of ether oxygens (including phenoxy) is 1. The zero-order chi connectivity index (χ0) is 25.2. The van der Waals surface area contributed by atoms with Gasteiger partial charge >= 0.3 is 12.1 Å². The Hall–Kier alpha value is -3.67. The first kappa shape index (κ1) is 24.5. The summed E-state index contributed by atoms with van der Waals surface area (Å²) in [6.45, 7) is 0.808. The number of benzene rings is 1. The number of rotatable bonds is 6. The summed E-state index contributed by atoms with van der Waals surface area (Å²) < 4.78 is 44.1. The maximum Gasteiger partial charge on any atom is 0.401 e. The van der Waals surface area contributed by atoms with E-state index in [1.165, 1.54) is 12.0 Å². The topological polar surface area (TPSA) is 112 Å². The molecule has 0 bridgehead atoms. The zero-order valence-corrected chi connectivity index (χ0v) is 19.2. The van der Waals surface area contributed by atoms with Crippen molar-refractivity contribution in [2.45, 2.75) is 38.7 Å². The van der Waals surface area contributed by atoms with Crippen molar-refractivity contribution >= 4 is 28.7 Å². The molecule has 9 nitrogen and oxygen atoms in total. The molecule has 0 aliphatic carbocycles. The standard InChI is InChI=1S/C23H25F3N6O3/c1-13-3-5-18-21(28-13)31-19(30-18)9-27-22(34)14-4-6-17-15(7-14)10-32(12-23(24,25)26)11-16(29-17)8-20(33)35-2/h3-7,16,29H,8-12H2,1-2H3,(H,27,34)(H,28,30,31). The third kappa shape index (κ3) is 6.27. The molecular formula is C23H25F3N6O3. The molecule has 0 saturated heterocycles. The highest BCUT2D eigenvalue weighted by atomic mass is 19.4. The van der Waals surface area contributed by atoms with Gasteiger partial charge in [-0.2, -0.15) is 13.2 Å². The first-order chi connectivity index (χ1) is 16.6. The highest BCUT2D eigenvalue weighted by molar-refractivity contribution is 5.95. The van der Waals surface area contributed by atoms with Crippen LogP contribution in [0.3, 0.4) is 0 Å². The molecule has 0 spiro atoms. The van der Waals surface area contributed by atoms with Gasteiger partial charge in [-0.1, -0.05) is 0 Å². The van der Waals surface area contributed by atoms with Crippen LogP contribution in [0.1, 0.15) is 33.9 Å². The van der Waals surface area contributed by atoms with Crippen molar-refractivity contribution in [1.82, 2.24) is 25.2 Å². The number of pyridine rings is 1. The van der Waals surface area contributed by atoms with Crippen LogP contribution in [0.25, 0.3) is 11.2 Å². The third-order valence-electron chi connectivity index (χ3n) is 5.59. The van der Waals surface area contributed by atoms with Crippen molar-refractivity contribution < 1.29 is 27.5 Å². The average Bonchev–Trinajstić information content (AvgIpc) is 3.11. The van der Waals surface area contributed by atoms with Crippen molar-refractivity contribution in [1.29, 1.82) is 0 Å². The number of aromatic nitrogens is 3. The molecule has 2 aromatic heterocycles. The van der Waals surface area contributed by atoms with Crippen LogP contribution in [0.15, 0.2) is 30.3 Å². The van der Waals surface area contributed by atoms with E-state index in [-0.39, 0.29) is 26.1 Å². The summed E-state index contributed by atoms with van der Waals surface area (Å²) in [5.74, 6) is -0.384. The Bertz CT molecular complexity index is 1240. The van der Waals surface area contributed by atoms with Crippen LogP contribution < -0.4 is 10.6 Å². The number of fused-ring (bicyclic) bond motifs is 2. The third-order valence-corrected chi connectivity index (χ3v) is 5.59. The van der Waals surface area contributed by atoms with Crippen molar-refractivity contribution in [2.75, 3.05) is 25.5 Å². The number of hydrogen-bond acceptors (Lipinski definition) is 7. The average molecular weight is 490 g/mol. The van der Waals surface area contributed by atoms with E-state index >= 15 is 0 Å². The molecule has 3 aromatic rings. The zero-order valence-electron chi connectivity index (χ0n) is 19.2. The maximum absolute atomic E-state index is 13.1. The Labute approximate surface area is 199 Å². The number of H-pyrrole nitrogens is 1. The molecule has 1 aliphatic heterocycles. The van der Waals surface area contributed by atoms with Crippen LogP contribution in [0, 0.1) is 6.92 Å². The minimum absolute atomic E-state index is 0.00954. The van der Waals surface area contributed by atoms with Gasteiger partial charge in [-0.3, -0.25) is 14.5 Å². The molecule has 3 N–H and O–H groups in total. The first-order valence-electron chi connectivity index (χ1n) is 11.0. The minimum Gasteiger partial charge on any atom is -0.469 e. The van der Waals surface area contributed by atoms with Crippen molar-refractivity contribution in [3.05, 3.63) is 53.0 Å². The van der Waals surface area contributed by atoms with E-state index in [0.29, 0.717) is 28.3 Å². The number of hydrogen-bond donors (Lipinski definition) is 3. The van der Waals surface area contributed by atoms with Crippen LogP contribution in [0.4, 0.5) is 18.9 Å². The normalized spacial score (nSPS) is 16.3. The fourth-order valence-corrected chi connectivity index (χ4v) is 4.05. The van der Waals surface area contributed by atoms with E-state index in [1.54, 1.807) is 18.2 Å². The van der Waals surface area contributed by atoms with Crippen LogP contribution >= 0.6 is 0 Å². The summed E-state index contributed by atoms with van der Waals surface area (Å²) in [4.78, 5) is 37.5. The lowest BCUT2D eigenvalue weighted by atomic mass is 10.1. The van der Waals surface area contributed by atoms with E-state index in [2.05, 4.69) is 30.3 Å². The van der Waals surface area contributed by atoms with Crippen molar-refractivity contribution in [2.24, 2.45) is 0 Å². The quantitative estimate of drug-likeness (QED) is 0.456. The number of carbonyl (C=O) groups excluding carboxylic acids is 2. The highest BCUT2D eigenvalue weighted by Crippen LogP contribution is 2.27. The number of nitrogens with zero attached hydrogens (tertiary/aromatic N) is 3. The number of amides is 1. The van der Waals surface area contributed by atoms with Gasteiger partial charge < -0.3 is 20.4 Å². The summed E-state index contributed by atoms with van der Waals surface area (Å²) in [6.07, 6.45) is -4.49. The largest absolute Gasteiger partial charge is 0.469 e. The summed E-state index contributed by atoms with van der Waals surface area (Å²) in [6, 6.07) is 7.92. The Morgan fingerprint density at radius 1 is 1.23 bits per heavy atom. The predicted molar refractivity (Wildman–Crippen MR) is 122 cm³/mol. The number of aryl methyl sites for hydroxylation is 1. The molecule has 1 aromatic carbocycles. The number of aromatic amines is 1. The van der Waals surface area contributed by atoms with E-state index in [0.717, 1.165) is 11.2 Å². The number of anilines is 1. The van der Waals surface area contributed by atoms with Gasteiger partial charge in [0.05, 0.1) is 32.1 Å². The smallest absolute Gasteiger partial charge is 0.401 e. The number of alkyl halides is 3. The molecule has 186 valence electrons. The summed E-state index contributed by atoms with van der Waals surface area (Å²) in [5, 5.41) is 5.89. The lowest BCUT2D eigenvalue weighted by molar-refractivity contribution is -0.147. The van der Waals surface area contributed by atoms with Crippen LogP contribution in [-0.2, 0) is 22.6 Å². The second kappa shape index (κ2) is 9.90. The number of carbonyl (C=O) groups is 2. The molecular weight excluding hydrogens is 465 g/mol. The first-order valence-corrected chi connectivity index (χ1v) is 11.0. The second-order valence-corrected chi connectivity index (χ2v) is 8.47.